The van der Waals surface area contributed by atoms with Gasteiger partial charge in [-0.05, 0) is 75.8 Å². The summed E-state index contributed by atoms with van der Waals surface area (Å²) in [4.78, 5) is 0. The van der Waals surface area contributed by atoms with E-state index in [-0.39, 0.29) is 0 Å². The van der Waals surface area contributed by atoms with Gasteiger partial charge >= 0.3 is 0 Å². The quantitative estimate of drug-likeness (QED) is 0.209. The second-order valence-electron chi connectivity index (χ2n) is 11.4. The van der Waals surface area contributed by atoms with Crippen molar-refractivity contribution in [2.24, 2.45) is 0 Å². The van der Waals surface area contributed by atoms with Crippen LogP contribution in [0.3, 0.4) is 0 Å². The molecule has 0 aliphatic heterocycles. The highest BCUT2D eigenvalue weighted by Gasteiger charge is 2.17. The van der Waals surface area contributed by atoms with Gasteiger partial charge in [0.15, 0.2) is 0 Å². The molecule has 0 saturated heterocycles. The van der Waals surface area contributed by atoms with E-state index in [1.807, 2.05) is 12.1 Å². The van der Waals surface area contributed by atoms with Crippen LogP contribution in [0.25, 0.3) is 82.8 Å². The van der Waals surface area contributed by atoms with Gasteiger partial charge in [-0.25, -0.2) is 0 Å². The Morgan fingerprint density at radius 3 is 1.57 bits per heavy atom. The Labute approximate surface area is 255 Å². The van der Waals surface area contributed by atoms with Crippen LogP contribution in [0.15, 0.2) is 168 Å². The van der Waals surface area contributed by atoms with Crippen molar-refractivity contribution in [2.45, 2.75) is 0 Å². The van der Waals surface area contributed by atoms with E-state index in [0.29, 0.717) is 0 Å². The molecule has 0 aliphatic rings. The molecule has 206 valence electrons. The van der Waals surface area contributed by atoms with Crippen LogP contribution < -0.4 is 0 Å². The first-order chi connectivity index (χ1) is 21.8. The summed E-state index contributed by atoms with van der Waals surface area (Å²) in [7, 11) is 0. The number of rotatable bonds is 4. The zero-order valence-electron chi connectivity index (χ0n) is 23.9. The Morgan fingerprint density at radius 1 is 0.318 bits per heavy atom. The molecule has 7 aromatic carbocycles. The Morgan fingerprint density at radius 2 is 0.864 bits per heavy atom. The Hall–Kier alpha value is -5.86. The fourth-order valence-corrected chi connectivity index (χ4v) is 6.65. The molecule has 2 heteroatoms. The van der Waals surface area contributed by atoms with Gasteiger partial charge in [0.2, 0.25) is 0 Å². The van der Waals surface area contributed by atoms with Crippen molar-refractivity contribution in [1.82, 2.24) is 4.57 Å². The van der Waals surface area contributed by atoms with Gasteiger partial charge < -0.3 is 8.98 Å². The molecule has 2 nitrogen and oxygen atoms in total. The van der Waals surface area contributed by atoms with Crippen molar-refractivity contribution in [3.63, 3.8) is 0 Å². The lowest BCUT2D eigenvalue weighted by molar-refractivity contribution is 0.669. The highest BCUT2D eigenvalue weighted by Crippen LogP contribution is 2.40. The second-order valence-corrected chi connectivity index (χ2v) is 11.4. The molecule has 0 aliphatic carbocycles. The van der Waals surface area contributed by atoms with E-state index in [0.717, 1.165) is 27.6 Å². The topological polar surface area (TPSA) is 18.1 Å². The van der Waals surface area contributed by atoms with Crippen molar-refractivity contribution in [2.75, 3.05) is 0 Å². The number of aromatic nitrogens is 1. The molecule has 0 amide bonds. The molecule has 0 atom stereocenters. The fraction of sp³-hybridized carbons (Fsp3) is 0. The van der Waals surface area contributed by atoms with E-state index < -0.39 is 0 Å². The number of furan rings is 1. The lowest BCUT2D eigenvalue weighted by atomic mass is 9.96. The van der Waals surface area contributed by atoms with Crippen LogP contribution in [0.5, 0.6) is 0 Å². The van der Waals surface area contributed by atoms with Crippen LogP contribution in [0.2, 0.25) is 0 Å². The molecule has 0 bridgehead atoms. The van der Waals surface area contributed by atoms with Crippen LogP contribution in [0, 0.1) is 0 Å². The smallest absolute Gasteiger partial charge is 0.136 e. The summed E-state index contributed by atoms with van der Waals surface area (Å²) in [5.41, 5.74) is 12.5. The Bertz CT molecular complexity index is 2470. The zero-order chi connectivity index (χ0) is 29.0. The predicted octanol–water partition coefficient (Wildman–Crippen LogP) is 11.7. The van der Waals surface area contributed by atoms with Gasteiger partial charge in [-0.2, -0.15) is 0 Å². The van der Waals surface area contributed by atoms with E-state index in [2.05, 4.69) is 156 Å². The monoisotopic (exact) mass is 561 g/mol. The first kappa shape index (κ1) is 24.7. The molecule has 0 saturated carbocycles. The standard InChI is InChI=1S/C42H27NO/c1-3-11-28(12-4-1)30-19-21-31(22-20-30)33-23-32(29-13-5-2-6-14-29)24-34(25-33)43-39-17-9-7-15-35(39)37-27-42-38(26-40(37)43)36-16-8-10-18-41(36)44-42/h1-27H. The molecule has 0 fully saturated rings. The van der Waals surface area contributed by atoms with Gasteiger partial charge in [0.05, 0.1) is 11.0 Å². The van der Waals surface area contributed by atoms with Crippen LogP contribution in [-0.4, -0.2) is 4.57 Å². The molecule has 0 unspecified atom stereocenters. The van der Waals surface area contributed by atoms with Gasteiger partial charge in [0, 0.05) is 27.2 Å². The maximum absolute atomic E-state index is 6.31. The summed E-state index contributed by atoms with van der Waals surface area (Å²) in [6.45, 7) is 0. The zero-order valence-corrected chi connectivity index (χ0v) is 23.9. The minimum absolute atomic E-state index is 0.915. The van der Waals surface area contributed by atoms with Crippen molar-refractivity contribution >= 4 is 43.7 Å². The lowest BCUT2D eigenvalue weighted by Gasteiger charge is -2.14. The average molecular weight is 562 g/mol. The largest absolute Gasteiger partial charge is 0.456 e. The molecular weight excluding hydrogens is 534 g/mol. The summed E-state index contributed by atoms with van der Waals surface area (Å²) in [5.74, 6) is 0. The molecular formula is C42H27NO. The lowest BCUT2D eigenvalue weighted by Crippen LogP contribution is -1.96. The van der Waals surface area contributed by atoms with Crippen molar-refractivity contribution in [3.8, 4) is 39.1 Å². The highest BCUT2D eigenvalue weighted by molar-refractivity contribution is 6.17. The summed E-state index contributed by atoms with van der Waals surface area (Å²) in [5, 5.41) is 4.67. The van der Waals surface area contributed by atoms with Crippen LogP contribution in [-0.2, 0) is 0 Å². The minimum Gasteiger partial charge on any atom is -0.456 e. The number of benzene rings is 7. The third-order valence-corrected chi connectivity index (χ3v) is 8.78. The number of para-hydroxylation sites is 2. The summed E-state index contributed by atoms with van der Waals surface area (Å²) in [6.07, 6.45) is 0. The summed E-state index contributed by atoms with van der Waals surface area (Å²) in [6, 6.07) is 58.6. The van der Waals surface area contributed by atoms with Gasteiger partial charge in [0.25, 0.3) is 0 Å². The summed E-state index contributed by atoms with van der Waals surface area (Å²) >= 11 is 0. The Balaban J connectivity index is 1.31. The third-order valence-electron chi connectivity index (χ3n) is 8.78. The molecule has 9 rings (SSSR count). The summed E-state index contributed by atoms with van der Waals surface area (Å²) < 4.78 is 8.73. The van der Waals surface area contributed by atoms with E-state index in [4.69, 9.17) is 4.42 Å². The first-order valence-electron chi connectivity index (χ1n) is 15.0. The van der Waals surface area contributed by atoms with Crippen LogP contribution >= 0.6 is 0 Å². The van der Waals surface area contributed by atoms with Crippen molar-refractivity contribution in [3.05, 3.63) is 164 Å². The molecule has 2 aromatic heterocycles. The number of hydrogen-bond donors (Lipinski definition) is 0. The van der Waals surface area contributed by atoms with Crippen LogP contribution in [0.1, 0.15) is 0 Å². The second kappa shape index (κ2) is 9.86. The van der Waals surface area contributed by atoms with Crippen molar-refractivity contribution in [1.29, 1.82) is 0 Å². The van der Waals surface area contributed by atoms with Gasteiger partial charge in [-0.1, -0.05) is 121 Å². The maximum atomic E-state index is 6.31. The van der Waals surface area contributed by atoms with E-state index >= 15 is 0 Å². The van der Waals surface area contributed by atoms with E-state index in [1.165, 1.54) is 55.2 Å². The fourth-order valence-electron chi connectivity index (χ4n) is 6.65. The first-order valence-corrected chi connectivity index (χ1v) is 15.0. The highest BCUT2D eigenvalue weighted by atomic mass is 16.3. The van der Waals surface area contributed by atoms with Gasteiger partial charge in [-0.15, -0.1) is 0 Å². The Kier molecular flexibility index (Phi) is 5.54. The number of fused-ring (bicyclic) bond motifs is 6. The van der Waals surface area contributed by atoms with Gasteiger partial charge in [-0.3, -0.25) is 0 Å². The number of nitrogens with zero attached hydrogens (tertiary/aromatic N) is 1. The van der Waals surface area contributed by atoms with Crippen LogP contribution in [0.4, 0.5) is 0 Å². The molecule has 0 spiro atoms. The minimum atomic E-state index is 0.915. The van der Waals surface area contributed by atoms with Gasteiger partial charge in [0.1, 0.15) is 11.2 Å². The molecule has 44 heavy (non-hydrogen) atoms. The SMILES string of the molecule is c1ccc(-c2ccc(-c3cc(-c4ccccc4)cc(-n4c5ccccc5c5cc6oc7ccccc7c6cc54)c3)cc2)cc1. The average Bonchev–Trinajstić information content (AvgIpc) is 3.63. The number of hydrogen-bond acceptors (Lipinski definition) is 1. The molecule has 9 aromatic rings. The van der Waals surface area contributed by atoms with E-state index in [1.54, 1.807) is 0 Å². The molecule has 0 N–H and O–H groups in total. The molecule has 2 heterocycles. The van der Waals surface area contributed by atoms with E-state index in [9.17, 15) is 0 Å². The van der Waals surface area contributed by atoms with Crippen molar-refractivity contribution < 1.29 is 4.42 Å². The predicted molar refractivity (Wildman–Crippen MR) is 184 cm³/mol. The molecule has 0 radical (unpaired) electrons. The maximum Gasteiger partial charge on any atom is 0.136 e. The third kappa shape index (κ3) is 3.96. The normalized spacial score (nSPS) is 11.6.